The van der Waals surface area contributed by atoms with Crippen molar-refractivity contribution in [2.45, 2.75) is 38.3 Å². The molecule has 4 rings (SSSR count). The second kappa shape index (κ2) is 9.17. The van der Waals surface area contributed by atoms with E-state index in [9.17, 15) is 18.0 Å². The molecule has 0 atom stereocenters. The second-order valence-electron chi connectivity index (χ2n) is 7.83. The number of aromatic nitrogens is 1. The molecule has 0 saturated heterocycles. The largest absolute Gasteiger partial charge is 0.468 e. The minimum atomic E-state index is -3.99. The van der Waals surface area contributed by atoms with Crippen LogP contribution in [0, 0.1) is 0 Å². The Hall–Kier alpha value is -3.49. The van der Waals surface area contributed by atoms with E-state index in [1.54, 1.807) is 18.2 Å². The first-order valence-electron chi connectivity index (χ1n) is 10.6. The number of aromatic amines is 1. The maximum atomic E-state index is 13.5. The van der Waals surface area contributed by atoms with Crippen LogP contribution in [0.4, 0.5) is 0 Å². The molecule has 0 fully saturated rings. The van der Waals surface area contributed by atoms with E-state index in [1.165, 1.54) is 41.8 Å². The van der Waals surface area contributed by atoms with Gasteiger partial charge in [0.05, 0.1) is 17.7 Å². The Kier molecular flexibility index (Phi) is 6.31. The molecular formula is C25H24N2O5S. The number of carbonyl (C=O) groups excluding carboxylic acids is 1. The molecule has 0 aliphatic heterocycles. The number of benzene rings is 2. The summed E-state index contributed by atoms with van der Waals surface area (Å²) in [5, 5.41) is 0.838. The van der Waals surface area contributed by atoms with Gasteiger partial charge in [0.25, 0.3) is 5.56 Å². The van der Waals surface area contributed by atoms with Crippen LogP contribution in [0.1, 0.15) is 41.1 Å². The van der Waals surface area contributed by atoms with Crippen molar-refractivity contribution in [3.8, 4) is 0 Å². The standard InChI is InChI=1S/C25H24N2O5S/c1-3-18-6-11-24-20(13-18)14-21(25(29)26-24)15-27(16-22-5-4-12-32-22)33(30,31)23-9-7-19(8-10-23)17(2)28/h4-14H,3,15-16H2,1-2H3,(H,26,29). The first kappa shape index (κ1) is 22.7. The Morgan fingerprint density at radius 2 is 1.79 bits per heavy atom. The van der Waals surface area contributed by atoms with E-state index in [0.29, 0.717) is 22.4 Å². The van der Waals surface area contributed by atoms with Gasteiger partial charge in [-0.05, 0) is 66.8 Å². The van der Waals surface area contributed by atoms with Crippen LogP contribution in [0.15, 0.2) is 81.0 Å². The van der Waals surface area contributed by atoms with Crippen molar-refractivity contribution in [3.05, 3.63) is 99.7 Å². The number of hydrogen-bond acceptors (Lipinski definition) is 5. The van der Waals surface area contributed by atoms with Crippen LogP contribution in [-0.4, -0.2) is 23.5 Å². The van der Waals surface area contributed by atoms with Crippen LogP contribution in [0.5, 0.6) is 0 Å². The molecule has 0 saturated carbocycles. The lowest BCUT2D eigenvalue weighted by Gasteiger charge is -2.21. The van der Waals surface area contributed by atoms with Gasteiger partial charge >= 0.3 is 0 Å². The van der Waals surface area contributed by atoms with Gasteiger partial charge in [0.2, 0.25) is 10.0 Å². The number of nitrogens with one attached hydrogen (secondary N) is 1. The van der Waals surface area contributed by atoms with Crippen molar-refractivity contribution in [1.29, 1.82) is 0 Å². The fraction of sp³-hybridized carbons (Fsp3) is 0.200. The number of carbonyl (C=O) groups is 1. The minimum absolute atomic E-state index is 0.0320. The fourth-order valence-corrected chi connectivity index (χ4v) is 5.03. The predicted molar refractivity (Wildman–Crippen MR) is 126 cm³/mol. The number of furan rings is 1. The first-order valence-corrected chi connectivity index (χ1v) is 12.0. The fourth-order valence-electron chi connectivity index (χ4n) is 3.64. The highest BCUT2D eigenvalue weighted by Crippen LogP contribution is 2.23. The maximum absolute atomic E-state index is 13.5. The van der Waals surface area contributed by atoms with Crippen LogP contribution < -0.4 is 5.56 Å². The third-order valence-corrected chi connectivity index (χ3v) is 7.36. The molecule has 4 aromatic rings. The van der Waals surface area contributed by atoms with Gasteiger partial charge in [-0.3, -0.25) is 9.59 Å². The van der Waals surface area contributed by atoms with Gasteiger partial charge in [0.15, 0.2) is 5.78 Å². The molecule has 0 unspecified atom stereocenters. The Balaban J connectivity index is 1.75. The van der Waals surface area contributed by atoms with Crippen LogP contribution >= 0.6 is 0 Å². The smallest absolute Gasteiger partial charge is 0.252 e. The molecule has 0 aliphatic rings. The lowest BCUT2D eigenvalue weighted by molar-refractivity contribution is 0.101. The molecule has 2 aromatic carbocycles. The summed E-state index contributed by atoms with van der Waals surface area (Å²) in [7, 11) is -3.99. The van der Waals surface area contributed by atoms with Crippen molar-refractivity contribution in [2.75, 3.05) is 0 Å². The molecule has 170 valence electrons. The SMILES string of the molecule is CCc1ccc2[nH]c(=O)c(CN(Cc3ccco3)S(=O)(=O)c3ccc(C(C)=O)cc3)cc2c1. The summed E-state index contributed by atoms with van der Waals surface area (Å²) in [5.41, 5.74) is 2.21. The zero-order chi connectivity index (χ0) is 23.6. The van der Waals surface area contributed by atoms with Gasteiger partial charge in [0, 0.05) is 23.2 Å². The summed E-state index contributed by atoms with van der Waals surface area (Å²) >= 11 is 0. The van der Waals surface area contributed by atoms with Gasteiger partial charge in [-0.2, -0.15) is 4.31 Å². The van der Waals surface area contributed by atoms with Crippen LogP contribution in [-0.2, 0) is 29.5 Å². The van der Waals surface area contributed by atoms with Crippen molar-refractivity contribution in [1.82, 2.24) is 9.29 Å². The second-order valence-corrected chi connectivity index (χ2v) is 9.77. The van der Waals surface area contributed by atoms with E-state index in [0.717, 1.165) is 17.4 Å². The Morgan fingerprint density at radius 3 is 2.42 bits per heavy atom. The quantitative estimate of drug-likeness (QED) is 0.392. The minimum Gasteiger partial charge on any atom is -0.468 e. The molecule has 1 N–H and O–H groups in total. The molecule has 33 heavy (non-hydrogen) atoms. The highest BCUT2D eigenvalue weighted by molar-refractivity contribution is 7.89. The topological polar surface area (TPSA) is 100 Å². The molecule has 0 aliphatic carbocycles. The average Bonchev–Trinajstić information content (AvgIpc) is 3.32. The molecule has 0 spiro atoms. The summed E-state index contributed by atoms with van der Waals surface area (Å²) in [6.07, 6.45) is 2.32. The van der Waals surface area contributed by atoms with Crippen molar-refractivity contribution >= 4 is 26.7 Å². The summed E-state index contributed by atoms with van der Waals surface area (Å²) in [4.78, 5) is 27.2. The van der Waals surface area contributed by atoms with Gasteiger partial charge in [-0.1, -0.05) is 25.1 Å². The Labute approximate surface area is 191 Å². The first-order chi connectivity index (χ1) is 15.8. The lowest BCUT2D eigenvalue weighted by Crippen LogP contribution is -2.32. The number of H-pyrrole nitrogens is 1. The third-order valence-electron chi connectivity index (χ3n) is 5.55. The Bertz CT molecular complexity index is 1450. The number of nitrogens with zero attached hydrogens (tertiary/aromatic N) is 1. The van der Waals surface area contributed by atoms with Crippen LogP contribution in [0.3, 0.4) is 0 Å². The number of hydrogen-bond donors (Lipinski definition) is 1. The van der Waals surface area contributed by atoms with Gasteiger partial charge in [-0.25, -0.2) is 8.42 Å². The molecule has 7 nitrogen and oxygen atoms in total. The van der Waals surface area contributed by atoms with Crippen molar-refractivity contribution in [3.63, 3.8) is 0 Å². The van der Waals surface area contributed by atoms with E-state index in [-0.39, 0.29) is 29.3 Å². The van der Waals surface area contributed by atoms with Gasteiger partial charge < -0.3 is 9.40 Å². The van der Waals surface area contributed by atoms with E-state index in [4.69, 9.17) is 4.42 Å². The van der Waals surface area contributed by atoms with E-state index >= 15 is 0 Å². The molecule has 0 radical (unpaired) electrons. The lowest BCUT2D eigenvalue weighted by atomic mass is 10.1. The number of fused-ring (bicyclic) bond motifs is 1. The van der Waals surface area contributed by atoms with E-state index in [1.807, 2.05) is 25.1 Å². The normalized spacial score (nSPS) is 11.8. The third kappa shape index (κ3) is 4.81. The zero-order valence-electron chi connectivity index (χ0n) is 18.4. The number of pyridine rings is 1. The van der Waals surface area contributed by atoms with Crippen molar-refractivity contribution < 1.29 is 17.6 Å². The number of rotatable bonds is 8. The van der Waals surface area contributed by atoms with Gasteiger partial charge in [-0.15, -0.1) is 0 Å². The molecule has 8 heteroatoms. The molecule has 2 aromatic heterocycles. The summed E-state index contributed by atoms with van der Waals surface area (Å²) < 4.78 is 33.6. The monoisotopic (exact) mass is 464 g/mol. The average molecular weight is 465 g/mol. The summed E-state index contributed by atoms with van der Waals surface area (Å²) in [6.45, 7) is 3.28. The Morgan fingerprint density at radius 1 is 1.03 bits per heavy atom. The summed E-state index contributed by atoms with van der Waals surface area (Å²) in [6, 6.07) is 16.7. The molecule has 0 bridgehead atoms. The maximum Gasteiger partial charge on any atom is 0.252 e. The highest BCUT2D eigenvalue weighted by atomic mass is 32.2. The number of aryl methyl sites for hydroxylation is 1. The number of ketones is 1. The number of sulfonamides is 1. The summed E-state index contributed by atoms with van der Waals surface area (Å²) in [5.74, 6) is 0.296. The van der Waals surface area contributed by atoms with E-state index < -0.39 is 10.0 Å². The zero-order valence-corrected chi connectivity index (χ0v) is 19.2. The van der Waals surface area contributed by atoms with Gasteiger partial charge in [0.1, 0.15) is 5.76 Å². The molecular weight excluding hydrogens is 440 g/mol. The van der Waals surface area contributed by atoms with Crippen LogP contribution in [0.25, 0.3) is 10.9 Å². The molecule has 0 amide bonds. The van der Waals surface area contributed by atoms with Crippen molar-refractivity contribution in [2.24, 2.45) is 0 Å². The van der Waals surface area contributed by atoms with Crippen LogP contribution in [0.2, 0.25) is 0 Å². The highest BCUT2D eigenvalue weighted by Gasteiger charge is 2.27. The number of Topliss-reactive ketones (excluding diaryl/α,β-unsaturated/α-hetero) is 1. The predicted octanol–water partition coefficient (Wildman–Crippen LogP) is 4.28. The molecule has 2 heterocycles. The van der Waals surface area contributed by atoms with E-state index in [2.05, 4.69) is 4.98 Å².